The smallest absolute Gasteiger partial charge is 0.193 e. The zero-order valence-electron chi connectivity index (χ0n) is 12.5. The van der Waals surface area contributed by atoms with Crippen LogP contribution in [0.5, 0.6) is 5.75 Å². The molecule has 4 heteroatoms. The third kappa shape index (κ3) is 3.39. The molecule has 0 fully saturated rings. The molecule has 0 aliphatic heterocycles. The lowest BCUT2D eigenvalue weighted by Crippen LogP contribution is -2.24. The normalized spacial score (nSPS) is 14.5. The molecule has 0 atom stereocenters. The number of guanidine groups is 1. The van der Waals surface area contributed by atoms with Crippen LogP contribution in [0.15, 0.2) is 47.5 Å². The van der Waals surface area contributed by atoms with Crippen LogP contribution in [0.25, 0.3) is 0 Å². The summed E-state index contributed by atoms with van der Waals surface area (Å²) in [7, 11) is 0. The number of fused-ring (bicyclic) bond motifs is 1. The van der Waals surface area contributed by atoms with E-state index in [-0.39, 0.29) is 5.75 Å². The first-order chi connectivity index (χ1) is 10.7. The molecule has 22 heavy (non-hydrogen) atoms. The van der Waals surface area contributed by atoms with Gasteiger partial charge in [0.15, 0.2) is 5.96 Å². The largest absolute Gasteiger partial charge is 0.508 e. The molecule has 2 aromatic rings. The van der Waals surface area contributed by atoms with Gasteiger partial charge in [-0.3, -0.25) is 0 Å². The van der Waals surface area contributed by atoms with Gasteiger partial charge < -0.3 is 16.2 Å². The van der Waals surface area contributed by atoms with Crippen molar-refractivity contribution < 1.29 is 5.11 Å². The van der Waals surface area contributed by atoms with Gasteiger partial charge in [0.2, 0.25) is 0 Å². The summed E-state index contributed by atoms with van der Waals surface area (Å²) in [6.07, 6.45) is 4.75. The number of phenolic OH excluding ortho intramolecular Hbond substituents is 1. The van der Waals surface area contributed by atoms with Crippen LogP contribution in [0.2, 0.25) is 0 Å². The summed E-state index contributed by atoms with van der Waals surface area (Å²) in [5, 5.41) is 12.5. The molecule has 1 aliphatic rings. The SMILES string of the molecule is NC(=NCc1ccc(O)cc1)Nc1cccc2c1CCCC2. The Balaban J connectivity index is 1.70. The molecule has 114 valence electrons. The highest BCUT2D eigenvalue weighted by Gasteiger charge is 2.12. The number of anilines is 1. The lowest BCUT2D eigenvalue weighted by molar-refractivity contribution is 0.475. The van der Waals surface area contributed by atoms with Crippen LogP contribution < -0.4 is 11.1 Å². The maximum absolute atomic E-state index is 9.27. The Kier molecular flexibility index (Phi) is 4.28. The standard InChI is InChI=1S/C18H21N3O/c19-18(20-12-13-8-10-15(22)11-9-13)21-17-7-3-5-14-4-1-2-6-16(14)17/h3,5,7-11,22H,1-2,4,6,12H2,(H3,19,20,21). The zero-order chi connectivity index (χ0) is 15.4. The van der Waals surface area contributed by atoms with E-state index < -0.39 is 0 Å². The Morgan fingerprint density at radius 2 is 1.86 bits per heavy atom. The Morgan fingerprint density at radius 1 is 1.09 bits per heavy atom. The van der Waals surface area contributed by atoms with Gasteiger partial charge >= 0.3 is 0 Å². The molecule has 0 amide bonds. The van der Waals surface area contributed by atoms with Gasteiger partial charge in [0.25, 0.3) is 0 Å². The lowest BCUT2D eigenvalue weighted by Gasteiger charge is -2.19. The van der Waals surface area contributed by atoms with Crippen molar-refractivity contribution in [3.8, 4) is 5.75 Å². The van der Waals surface area contributed by atoms with E-state index in [4.69, 9.17) is 5.73 Å². The van der Waals surface area contributed by atoms with E-state index in [1.54, 1.807) is 12.1 Å². The fraction of sp³-hybridized carbons (Fsp3) is 0.278. The Morgan fingerprint density at radius 3 is 2.68 bits per heavy atom. The number of aromatic hydroxyl groups is 1. The second-order valence-electron chi connectivity index (χ2n) is 5.64. The number of aliphatic imine (C=N–C) groups is 1. The predicted octanol–water partition coefficient (Wildman–Crippen LogP) is 3.20. The number of nitrogens with zero attached hydrogens (tertiary/aromatic N) is 1. The fourth-order valence-electron chi connectivity index (χ4n) is 2.85. The Labute approximate surface area is 130 Å². The van der Waals surface area contributed by atoms with Crippen LogP contribution in [0.4, 0.5) is 5.69 Å². The molecule has 0 aromatic heterocycles. The summed E-state index contributed by atoms with van der Waals surface area (Å²) in [6.45, 7) is 0.494. The molecule has 0 bridgehead atoms. The molecule has 0 radical (unpaired) electrons. The number of aryl methyl sites for hydroxylation is 1. The summed E-state index contributed by atoms with van der Waals surface area (Å²) in [5.74, 6) is 0.682. The van der Waals surface area contributed by atoms with E-state index in [0.29, 0.717) is 12.5 Å². The summed E-state index contributed by atoms with van der Waals surface area (Å²) >= 11 is 0. The minimum absolute atomic E-state index is 0.259. The van der Waals surface area contributed by atoms with Crippen molar-refractivity contribution >= 4 is 11.6 Å². The van der Waals surface area contributed by atoms with Crippen molar-refractivity contribution in [3.63, 3.8) is 0 Å². The Hall–Kier alpha value is -2.49. The van der Waals surface area contributed by atoms with Gasteiger partial charge in [0.1, 0.15) is 5.75 Å². The minimum Gasteiger partial charge on any atom is -0.508 e. The van der Waals surface area contributed by atoms with E-state index in [1.807, 2.05) is 12.1 Å². The molecular formula is C18H21N3O. The molecule has 2 aromatic carbocycles. The van der Waals surface area contributed by atoms with E-state index in [0.717, 1.165) is 24.1 Å². The van der Waals surface area contributed by atoms with E-state index in [9.17, 15) is 5.11 Å². The van der Waals surface area contributed by atoms with Crippen molar-refractivity contribution in [2.45, 2.75) is 32.2 Å². The van der Waals surface area contributed by atoms with Crippen LogP contribution in [0.3, 0.4) is 0 Å². The van der Waals surface area contributed by atoms with E-state index >= 15 is 0 Å². The molecule has 0 heterocycles. The van der Waals surface area contributed by atoms with Crippen LogP contribution in [-0.2, 0) is 19.4 Å². The van der Waals surface area contributed by atoms with E-state index in [1.165, 1.54) is 24.0 Å². The highest BCUT2D eigenvalue weighted by atomic mass is 16.3. The average Bonchev–Trinajstić information content (AvgIpc) is 2.55. The molecule has 0 saturated carbocycles. The van der Waals surface area contributed by atoms with Gasteiger partial charge in [-0.2, -0.15) is 0 Å². The van der Waals surface area contributed by atoms with Crippen molar-refractivity contribution in [3.05, 3.63) is 59.2 Å². The van der Waals surface area contributed by atoms with Gasteiger partial charge in [-0.1, -0.05) is 24.3 Å². The number of benzene rings is 2. The maximum atomic E-state index is 9.27. The summed E-state index contributed by atoms with van der Waals surface area (Å²) in [4.78, 5) is 4.37. The van der Waals surface area contributed by atoms with Gasteiger partial charge in [0, 0.05) is 5.69 Å². The predicted molar refractivity (Wildman–Crippen MR) is 90.1 cm³/mol. The van der Waals surface area contributed by atoms with Crippen molar-refractivity contribution in [2.75, 3.05) is 5.32 Å². The average molecular weight is 295 g/mol. The monoisotopic (exact) mass is 295 g/mol. The first kappa shape index (κ1) is 14.4. The second kappa shape index (κ2) is 6.52. The summed E-state index contributed by atoms with van der Waals surface area (Å²) in [6, 6.07) is 13.3. The first-order valence-corrected chi connectivity index (χ1v) is 7.68. The second-order valence-corrected chi connectivity index (χ2v) is 5.64. The number of hydrogen-bond donors (Lipinski definition) is 3. The van der Waals surface area contributed by atoms with E-state index in [2.05, 4.69) is 28.5 Å². The lowest BCUT2D eigenvalue weighted by atomic mass is 9.90. The third-order valence-corrected chi connectivity index (χ3v) is 4.03. The maximum Gasteiger partial charge on any atom is 0.193 e. The molecule has 3 rings (SSSR count). The van der Waals surface area contributed by atoms with Gasteiger partial charge in [-0.05, 0) is 60.6 Å². The molecule has 4 N–H and O–H groups in total. The van der Waals surface area contributed by atoms with Crippen LogP contribution in [-0.4, -0.2) is 11.1 Å². The van der Waals surface area contributed by atoms with Gasteiger partial charge in [0.05, 0.1) is 6.54 Å². The summed E-state index contributed by atoms with van der Waals surface area (Å²) < 4.78 is 0. The summed E-state index contributed by atoms with van der Waals surface area (Å²) in [5.41, 5.74) is 10.9. The molecule has 0 unspecified atom stereocenters. The molecule has 0 saturated heterocycles. The van der Waals surface area contributed by atoms with Crippen molar-refractivity contribution in [2.24, 2.45) is 10.7 Å². The number of phenols is 1. The fourth-order valence-corrected chi connectivity index (χ4v) is 2.85. The van der Waals surface area contributed by atoms with Crippen molar-refractivity contribution in [1.82, 2.24) is 0 Å². The quantitative estimate of drug-likeness (QED) is 0.601. The highest BCUT2D eigenvalue weighted by molar-refractivity contribution is 5.93. The number of nitrogens with two attached hydrogens (primary N) is 1. The molecule has 4 nitrogen and oxygen atoms in total. The first-order valence-electron chi connectivity index (χ1n) is 7.68. The molecule has 0 spiro atoms. The van der Waals surface area contributed by atoms with Gasteiger partial charge in [-0.15, -0.1) is 0 Å². The number of nitrogens with one attached hydrogen (secondary N) is 1. The minimum atomic E-state index is 0.259. The van der Waals surface area contributed by atoms with Crippen LogP contribution in [0.1, 0.15) is 29.5 Å². The van der Waals surface area contributed by atoms with Crippen molar-refractivity contribution in [1.29, 1.82) is 0 Å². The van der Waals surface area contributed by atoms with Crippen LogP contribution >= 0.6 is 0 Å². The van der Waals surface area contributed by atoms with Gasteiger partial charge in [-0.25, -0.2) is 4.99 Å². The number of rotatable bonds is 3. The molecular weight excluding hydrogens is 274 g/mol. The zero-order valence-corrected chi connectivity index (χ0v) is 12.5. The third-order valence-electron chi connectivity index (χ3n) is 4.03. The molecule has 1 aliphatic carbocycles. The topological polar surface area (TPSA) is 70.6 Å². The Bertz CT molecular complexity index is 677. The highest BCUT2D eigenvalue weighted by Crippen LogP contribution is 2.27. The number of hydrogen-bond acceptors (Lipinski definition) is 2. The van der Waals surface area contributed by atoms with Crippen LogP contribution in [0, 0.1) is 0 Å².